The number of nitrogens with zero attached hydrogens (tertiary/aromatic N) is 1. The molecule has 7 heteroatoms. The summed E-state index contributed by atoms with van der Waals surface area (Å²) < 4.78 is 17.9. The molecule has 0 saturated heterocycles. The molecule has 2 heterocycles. The van der Waals surface area contributed by atoms with Crippen molar-refractivity contribution in [3.63, 3.8) is 0 Å². The molecule has 0 aliphatic carbocycles. The molecule has 1 aromatic heterocycles. The first-order chi connectivity index (χ1) is 16.5. The third kappa shape index (κ3) is 3.55. The molecule has 1 aliphatic rings. The van der Waals surface area contributed by atoms with E-state index in [4.69, 9.17) is 14.2 Å². The molecule has 0 spiro atoms. The first-order valence-corrected chi connectivity index (χ1v) is 11.0. The van der Waals surface area contributed by atoms with Crippen LogP contribution in [-0.4, -0.2) is 29.5 Å². The van der Waals surface area contributed by atoms with Gasteiger partial charge in [-0.3, -0.25) is 4.79 Å². The predicted molar refractivity (Wildman–Crippen MR) is 128 cm³/mol. The van der Waals surface area contributed by atoms with Crippen LogP contribution in [0.5, 0.6) is 17.2 Å². The van der Waals surface area contributed by atoms with Crippen molar-refractivity contribution in [3.8, 4) is 28.4 Å². The minimum atomic E-state index is -1.28. The minimum absolute atomic E-state index is 0.103. The molecule has 0 radical (unpaired) electrons. The third-order valence-electron chi connectivity index (χ3n) is 6.13. The SMILES string of the molecule is CCc1ccc2c(c1)c(-c1ccc3c(c1)OCO3)c(C(=O)O)c(=O)n2Cc1ccccc1OC. The van der Waals surface area contributed by atoms with Gasteiger partial charge in [0.25, 0.3) is 5.56 Å². The number of aromatic nitrogens is 1. The first-order valence-electron chi connectivity index (χ1n) is 11.0. The molecule has 0 amide bonds. The lowest BCUT2D eigenvalue weighted by atomic mass is 9.94. The predicted octanol–water partition coefficient (Wildman–Crippen LogP) is 4.71. The molecule has 0 fully saturated rings. The first kappa shape index (κ1) is 21.6. The summed E-state index contributed by atoms with van der Waals surface area (Å²) >= 11 is 0. The number of pyridine rings is 1. The number of fused-ring (bicyclic) bond motifs is 2. The Morgan fingerprint density at radius 3 is 2.62 bits per heavy atom. The van der Waals surface area contributed by atoms with E-state index in [1.54, 1.807) is 25.3 Å². The number of para-hydroxylation sites is 1. The molecule has 3 aromatic carbocycles. The van der Waals surface area contributed by atoms with Crippen molar-refractivity contribution in [3.05, 3.63) is 87.7 Å². The average Bonchev–Trinajstić information content (AvgIpc) is 3.33. The number of benzene rings is 3. The van der Waals surface area contributed by atoms with Crippen molar-refractivity contribution in [1.29, 1.82) is 0 Å². The highest BCUT2D eigenvalue weighted by atomic mass is 16.7. The zero-order chi connectivity index (χ0) is 23.8. The van der Waals surface area contributed by atoms with E-state index in [0.29, 0.717) is 39.3 Å². The van der Waals surface area contributed by atoms with Crippen LogP contribution in [0.15, 0.2) is 65.5 Å². The van der Waals surface area contributed by atoms with Gasteiger partial charge in [-0.05, 0) is 47.9 Å². The van der Waals surface area contributed by atoms with Crippen LogP contribution in [0.25, 0.3) is 22.0 Å². The lowest BCUT2D eigenvalue weighted by Gasteiger charge is -2.18. The summed E-state index contributed by atoms with van der Waals surface area (Å²) in [7, 11) is 1.57. The average molecular weight is 457 g/mol. The second kappa shape index (κ2) is 8.59. The van der Waals surface area contributed by atoms with Crippen LogP contribution in [0.1, 0.15) is 28.4 Å². The number of methoxy groups -OCH3 is 1. The largest absolute Gasteiger partial charge is 0.496 e. The van der Waals surface area contributed by atoms with Crippen LogP contribution in [0.4, 0.5) is 0 Å². The van der Waals surface area contributed by atoms with E-state index < -0.39 is 11.5 Å². The highest BCUT2D eigenvalue weighted by Crippen LogP contribution is 2.39. The van der Waals surface area contributed by atoms with Crippen molar-refractivity contribution in [2.75, 3.05) is 13.9 Å². The molecule has 0 unspecified atom stereocenters. The van der Waals surface area contributed by atoms with Gasteiger partial charge in [0.15, 0.2) is 11.5 Å². The Labute approximate surface area is 195 Å². The topological polar surface area (TPSA) is 87.0 Å². The summed E-state index contributed by atoms with van der Waals surface area (Å²) in [6, 6.07) is 18.4. The van der Waals surface area contributed by atoms with Crippen molar-refractivity contribution in [1.82, 2.24) is 4.57 Å². The van der Waals surface area contributed by atoms with Crippen molar-refractivity contribution >= 4 is 16.9 Å². The van der Waals surface area contributed by atoms with Crippen molar-refractivity contribution < 1.29 is 24.1 Å². The van der Waals surface area contributed by atoms with Gasteiger partial charge in [-0.2, -0.15) is 0 Å². The Balaban J connectivity index is 1.84. The number of hydrogen-bond donors (Lipinski definition) is 1. The maximum Gasteiger partial charge on any atom is 0.342 e. The fraction of sp³-hybridized carbons (Fsp3) is 0.185. The zero-order valence-electron chi connectivity index (χ0n) is 18.8. The Morgan fingerprint density at radius 2 is 1.85 bits per heavy atom. The van der Waals surface area contributed by atoms with Crippen LogP contribution >= 0.6 is 0 Å². The van der Waals surface area contributed by atoms with Crippen LogP contribution in [0.2, 0.25) is 0 Å². The van der Waals surface area contributed by atoms with Crippen LogP contribution < -0.4 is 19.8 Å². The summed E-state index contributed by atoms with van der Waals surface area (Å²) in [5.74, 6) is 0.454. The molecular formula is C27H23NO6. The number of carboxylic acids is 1. The smallest absolute Gasteiger partial charge is 0.342 e. The Bertz CT molecular complexity index is 1490. The monoisotopic (exact) mass is 457 g/mol. The summed E-state index contributed by atoms with van der Waals surface area (Å²) in [4.78, 5) is 26.2. The fourth-order valence-corrected chi connectivity index (χ4v) is 4.44. The number of rotatable bonds is 6. The minimum Gasteiger partial charge on any atom is -0.496 e. The van der Waals surface area contributed by atoms with Gasteiger partial charge in [0, 0.05) is 16.5 Å². The molecule has 0 atom stereocenters. The maximum absolute atomic E-state index is 13.7. The molecule has 7 nitrogen and oxygen atoms in total. The fourth-order valence-electron chi connectivity index (χ4n) is 4.44. The highest BCUT2D eigenvalue weighted by Gasteiger charge is 2.25. The number of ether oxygens (including phenoxy) is 3. The Hall–Kier alpha value is -4.26. The van der Waals surface area contributed by atoms with E-state index in [0.717, 1.165) is 17.5 Å². The van der Waals surface area contributed by atoms with E-state index in [9.17, 15) is 14.7 Å². The number of aryl methyl sites for hydroxylation is 1. The van der Waals surface area contributed by atoms with Crippen LogP contribution in [0.3, 0.4) is 0 Å². The molecule has 5 rings (SSSR count). The van der Waals surface area contributed by atoms with Crippen LogP contribution in [0, 0.1) is 0 Å². The molecule has 0 bridgehead atoms. The standard InChI is InChI=1S/C27H23NO6/c1-3-16-8-10-20-19(12-16)24(17-9-11-22-23(13-17)34-15-33-22)25(27(30)31)26(29)28(20)14-18-6-4-5-7-21(18)32-2/h4-13H,3,14-15H2,1-2H3,(H,30,31). The number of carboxylic acid groups (broad SMARTS) is 1. The van der Waals surface area contributed by atoms with Gasteiger partial charge in [-0.25, -0.2) is 4.79 Å². The Kier molecular flexibility index (Phi) is 5.45. The second-order valence-corrected chi connectivity index (χ2v) is 8.03. The third-order valence-corrected chi connectivity index (χ3v) is 6.13. The van der Waals surface area contributed by atoms with Gasteiger partial charge in [-0.15, -0.1) is 0 Å². The molecule has 0 saturated carbocycles. The highest BCUT2D eigenvalue weighted by molar-refractivity contribution is 6.06. The van der Waals surface area contributed by atoms with Gasteiger partial charge in [0.2, 0.25) is 6.79 Å². The molecule has 4 aromatic rings. The molecule has 1 aliphatic heterocycles. The lowest BCUT2D eigenvalue weighted by molar-refractivity contribution is 0.0695. The number of hydrogen-bond acceptors (Lipinski definition) is 5. The Morgan fingerprint density at radius 1 is 1.06 bits per heavy atom. The second-order valence-electron chi connectivity index (χ2n) is 8.03. The van der Waals surface area contributed by atoms with E-state index in [2.05, 4.69) is 0 Å². The maximum atomic E-state index is 13.7. The van der Waals surface area contributed by atoms with E-state index in [1.807, 2.05) is 49.4 Å². The van der Waals surface area contributed by atoms with Gasteiger partial charge in [-0.1, -0.05) is 37.3 Å². The van der Waals surface area contributed by atoms with Crippen LogP contribution in [-0.2, 0) is 13.0 Å². The zero-order valence-corrected chi connectivity index (χ0v) is 18.8. The quantitative estimate of drug-likeness (QED) is 0.451. The molecule has 172 valence electrons. The number of carbonyl (C=O) groups is 1. The van der Waals surface area contributed by atoms with Crippen molar-refractivity contribution in [2.45, 2.75) is 19.9 Å². The van der Waals surface area contributed by atoms with Crippen molar-refractivity contribution in [2.24, 2.45) is 0 Å². The normalized spacial score (nSPS) is 12.2. The number of aromatic carboxylic acids is 1. The van der Waals surface area contributed by atoms with Gasteiger partial charge in [0.05, 0.1) is 19.2 Å². The summed E-state index contributed by atoms with van der Waals surface area (Å²) in [5.41, 5.74) is 2.55. The van der Waals surface area contributed by atoms with Gasteiger partial charge < -0.3 is 23.9 Å². The van der Waals surface area contributed by atoms with Gasteiger partial charge >= 0.3 is 5.97 Å². The van der Waals surface area contributed by atoms with E-state index in [-0.39, 0.29) is 18.9 Å². The van der Waals surface area contributed by atoms with Gasteiger partial charge in [0.1, 0.15) is 11.3 Å². The molecule has 34 heavy (non-hydrogen) atoms. The van der Waals surface area contributed by atoms with E-state index >= 15 is 0 Å². The lowest BCUT2D eigenvalue weighted by Crippen LogP contribution is -2.28. The molecular weight excluding hydrogens is 434 g/mol. The summed E-state index contributed by atoms with van der Waals surface area (Å²) in [6.45, 7) is 2.31. The summed E-state index contributed by atoms with van der Waals surface area (Å²) in [5, 5.41) is 10.9. The summed E-state index contributed by atoms with van der Waals surface area (Å²) in [6.07, 6.45) is 0.768. The molecule has 1 N–H and O–H groups in total. The van der Waals surface area contributed by atoms with E-state index in [1.165, 1.54) is 4.57 Å².